The molecule has 0 aliphatic carbocycles. The van der Waals surface area contributed by atoms with Crippen LogP contribution in [0.2, 0.25) is 5.02 Å². The monoisotopic (exact) mass is 405 g/mol. The van der Waals surface area contributed by atoms with Crippen LogP contribution in [0.3, 0.4) is 0 Å². The molecular weight excluding hydrogens is 386 g/mol. The summed E-state index contributed by atoms with van der Waals surface area (Å²) in [5.74, 6) is 0.350. The number of carbonyl (C=O) groups excluding carboxylic acids is 1. The second-order valence-corrected chi connectivity index (χ2v) is 7.24. The van der Waals surface area contributed by atoms with E-state index >= 15 is 0 Å². The van der Waals surface area contributed by atoms with Crippen LogP contribution in [0.5, 0.6) is 0 Å². The minimum Gasteiger partial charge on any atom is -0.346 e. The first-order valence-corrected chi connectivity index (χ1v) is 9.63. The van der Waals surface area contributed by atoms with E-state index in [4.69, 9.17) is 11.6 Å². The molecule has 0 atom stereocenters. The van der Waals surface area contributed by atoms with Crippen molar-refractivity contribution < 1.29 is 4.79 Å². The molecule has 2 aromatic heterocycles. The van der Waals surface area contributed by atoms with Crippen molar-refractivity contribution >= 4 is 17.5 Å². The molecule has 0 saturated heterocycles. The first-order valence-electron chi connectivity index (χ1n) is 9.25. The summed E-state index contributed by atoms with van der Waals surface area (Å²) in [5.41, 5.74) is 3.50. The Balaban J connectivity index is 1.59. The predicted octanol–water partition coefficient (Wildman–Crippen LogP) is 4.01. The molecule has 0 aliphatic rings. The van der Waals surface area contributed by atoms with Crippen molar-refractivity contribution in [2.75, 3.05) is 0 Å². The molecule has 0 bridgehead atoms. The highest BCUT2D eigenvalue weighted by Gasteiger charge is 2.21. The Hall–Kier alpha value is -3.38. The zero-order chi connectivity index (χ0) is 20.2. The highest BCUT2D eigenvalue weighted by atomic mass is 35.5. The van der Waals surface area contributed by atoms with E-state index in [2.05, 4.69) is 15.6 Å². The van der Waals surface area contributed by atoms with E-state index in [0.29, 0.717) is 23.9 Å². The number of hydrogen-bond donors (Lipinski definition) is 1. The van der Waals surface area contributed by atoms with Gasteiger partial charge in [0.2, 0.25) is 0 Å². The lowest BCUT2D eigenvalue weighted by atomic mass is 10.1. The molecule has 29 heavy (non-hydrogen) atoms. The minimum atomic E-state index is -0.267. The average Bonchev–Trinajstić information content (AvgIpc) is 3.39. The first kappa shape index (κ1) is 19.0. The molecule has 0 aliphatic heterocycles. The van der Waals surface area contributed by atoms with Gasteiger partial charge >= 0.3 is 0 Å². The molecule has 2 aromatic carbocycles. The van der Waals surface area contributed by atoms with Crippen molar-refractivity contribution in [3.63, 3.8) is 0 Å². The summed E-state index contributed by atoms with van der Waals surface area (Å²) in [6.07, 6.45) is 3.74. The first-order chi connectivity index (χ1) is 14.1. The number of halogens is 1. The van der Waals surface area contributed by atoms with Crippen molar-refractivity contribution in [2.24, 2.45) is 0 Å². The van der Waals surface area contributed by atoms with Crippen LogP contribution in [0.4, 0.5) is 0 Å². The van der Waals surface area contributed by atoms with Crippen LogP contribution in [0, 0.1) is 6.92 Å². The maximum absolute atomic E-state index is 12.9. The molecular formula is C22H20ClN5O. The zero-order valence-corrected chi connectivity index (χ0v) is 16.7. The van der Waals surface area contributed by atoms with Gasteiger partial charge in [0.25, 0.3) is 5.91 Å². The Kier molecular flexibility index (Phi) is 5.44. The van der Waals surface area contributed by atoms with Gasteiger partial charge in [-0.1, -0.05) is 58.8 Å². The van der Waals surface area contributed by atoms with E-state index in [1.807, 2.05) is 84.5 Å². The normalized spacial score (nSPS) is 10.8. The lowest BCUT2D eigenvalue weighted by Crippen LogP contribution is -2.25. The maximum atomic E-state index is 12.9. The molecule has 0 saturated carbocycles. The topological polar surface area (TPSA) is 64.7 Å². The summed E-state index contributed by atoms with van der Waals surface area (Å²) in [7, 11) is 0. The van der Waals surface area contributed by atoms with E-state index < -0.39 is 0 Å². The summed E-state index contributed by atoms with van der Waals surface area (Å²) in [5, 5.41) is 12.0. The van der Waals surface area contributed by atoms with Gasteiger partial charge < -0.3 is 9.88 Å². The molecule has 0 unspecified atom stereocenters. The second kappa shape index (κ2) is 8.32. The van der Waals surface area contributed by atoms with Crippen molar-refractivity contribution in [3.05, 3.63) is 100 Å². The Morgan fingerprint density at radius 3 is 2.34 bits per heavy atom. The number of aromatic nitrogens is 4. The van der Waals surface area contributed by atoms with Crippen molar-refractivity contribution in [3.8, 4) is 5.82 Å². The molecule has 4 rings (SSSR count). The number of benzene rings is 2. The standard InChI is InChI=1S/C22H20ClN5O/c1-16-4-6-17(7-5-16)14-24-21(29)20-22(27-12-2-3-13-27)28(26-25-20)15-18-8-10-19(23)11-9-18/h2-13H,14-15H2,1H3,(H,24,29). The van der Waals surface area contributed by atoms with Crippen LogP contribution >= 0.6 is 11.6 Å². The molecule has 0 spiro atoms. The maximum Gasteiger partial charge on any atom is 0.276 e. The van der Waals surface area contributed by atoms with Gasteiger partial charge in [0.15, 0.2) is 11.5 Å². The third-order valence-corrected chi connectivity index (χ3v) is 4.84. The predicted molar refractivity (Wildman–Crippen MR) is 112 cm³/mol. The van der Waals surface area contributed by atoms with Crippen LogP contribution in [0.15, 0.2) is 73.1 Å². The van der Waals surface area contributed by atoms with Crippen LogP contribution in [-0.4, -0.2) is 25.5 Å². The highest BCUT2D eigenvalue weighted by Crippen LogP contribution is 2.16. The lowest BCUT2D eigenvalue weighted by molar-refractivity contribution is 0.0946. The van der Waals surface area contributed by atoms with E-state index in [9.17, 15) is 4.79 Å². The fourth-order valence-electron chi connectivity index (χ4n) is 3.03. The van der Waals surface area contributed by atoms with Gasteiger partial charge in [-0.05, 0) is 42.3 Å². The lowest BCUT2D eigenvalue weighted by Gasteiger charge is -2.10. The van der Waals surface area contributed by atoms with Crippen molar-refractivity contribution in [1.29, 1.82) is 0 Å². The van der Waals surface area contributed by atoms with Crippen LogP contribution in [0.1, 0.15) is 27.2 Å². The number of nitrogens with one attached hydrogen (secondary N) is 1. The Morgan fingerprint density at radius 1 is 1.00 bits per heavy atom. The zero-order valence-electron chi connectivity index (χ0n) is 15.9. The van der Waals surface area contributed by atoms with E-state index in [1.54, 1.807) is 4.68 Å². The number of amides is 1. The molecule has 0 radical (unpaired) electrons. The molecule has 1 amide bonds. The molecule has 146 valence electrons. The molecule has 7 heteroatoms. The number of nitrogens with zero attached hydrogens (tertiary/aromatic N) is 4. The van der Waals surface area contributed by atoms with Gasteiger partial charge in [-0.3, -0.25) is 4.79 Å². The van der Waals surface area contributed by atoms with Gasteiger partial charge in [-0.15, -0.1) is 5.10 Å². The second-order valence-electron chi connectivity index (χ2n) is 6.80. The quantitative estimate of drug-likeness (QED) is 0.527. The Morgan fingerprint density at radius 2 is 1.66 bits per heavy atom. The molecule has 0 fully saturated rings. The fourth-order valence-corrected chi connectivity index (χ4v) is 3.15. The fraction of sp³-hybridized carbons (Fsp3) is 0.136. The van der Waals surface area contributed by atoms with Crippen molar-refractivity contribution in [1.82, 2.24) is 24.9 Å². The molecule has 6 nitrogen and oxygen atoms in total. The molecule has 2 heterocycles. The average molecular weight is 406 g/mol. The highest BCUT2D eigenvalue weighted by molar-refractivity contribution is 6.30. The van der Waals surface area contributed by atoms with Gasteiger partial charge in [0.1, 0.15) is 0 Å². The summed E-state index contributed by atoms with van der Waals surface area (Å²) in [4.78, 5) is 12.9. The Labute approximate surface area is 173 Å². The summed E-state index contributed by atoms with van der Waals surface area (Å²) < 4.78 is 3.56. The van der Waals surface area contributed by atoms with Crippen LogP contribution < -0.4 is 5.32 Å². The minimum absolute atomic E-state index is 0.267. The van der Waals surface area contributed by atoms with E-state index in [1.165, 1.54) is 5.56 Å². The third kappa shape index (κ3) is 4.38. The number of carbonyl (C=O) groups is 1. The van der Waals surface area contributed by atoms with Gasteiger partial charge in [-0.25, -0.2) is 4.68 Å². The summed E-state index contributed by atoms with van der Waals surface area (Å²) in [6.45, 7) is 2.93. The molecule has 4 aromatic rings. The number of rotatable bonds is 6. The van der Waals surface area contributed by atoms with Gasteiger partial charge in [0, 0.05) is 24.0 Å². The van der Waals surface area contributed by atoms with Gasteiger partial charge in [0.05, 0.1) is 6.54 Å². The van der Waals surface area contributed by atoms with Crippen LogP contribution in [-0.2, 0) is 13.1 Å². The van der Waals surface area contributed by atoms with E-state index in [-0.39, 0.29) is 11.6 Å². The SMILES string of the molecule is Cc1ccc(CNC(=O)c2nnn(Cc3ccc(Cl)cc3)c2-n2cccc2)cc1. The number of hydrogen-bond acceptors (Lipinski definition) is 3. The van der Waals surface area contributed by atoms with Gasteiger partial charge in [-0.2, -0.15) is 0 Å². The van der Waals surface area contributed by atoms with Crippen LogP contribution in [0.25, 0.3) is 5.82 Å². The summed E-state index contributed by atoms with van der Waals surface area (Å²) >= 11 is 5.97. The number of aryl methyl sites for hydroxylation is 1. The van der Waals surface area contributed by atoms with Crippen molar-refractivity contribution in [2.45, 2.75) is 20.0 Å². The summed E-state index contributed by atoms with van der Waals surface area (Å²) in [6, 6.07) is 19.4. The largest absolute Gasteiger partial charge is 0.346 e. The third-order valence-electron chi connectivity index (χ3n) is 4.59. The molecule has 1 N–H and O–H groups in total. The Bertz CT molecular complexity index is 1100. The smallest absolute Gasteiger partial charge is 0.276 e. The van der Waals surface area contributed by atoms with E-state index in [0.717, 1.165) is 11.1 Å².